The first-order valence-electron chi connectivity index (χ1n) is 12.7. The third-order valence-corrected chi connectivity index (χ3v) is 7.11. The van der Waals surface area contributed by atoms with Crippen LogP contribution in [0.1, 0.15) is 69.1 Å². The number of nitrogens with one attached hydrogen (secondary N) is 1. The number of hydrogen-bond acceptors (Lipinski definition) is 6. The van der Waals surface area contributed by atoms with Gasteiger partial charge in [0.2, 0.25) is 17.7 Å². The number of amides is 2. The van der Waals surface area contributed by atoms with Gasteiger partial charge in [0.1, 0.15) is 5.54 Å². The number of carbonyl (C=O) groups excluding carboxylic acids is 2. The largest absolute Gasteiger partial charge is 0.343 e. The molecule has 0 atom stereocenters. The molecule has 1 aliphatic carbocycles. The van der Waals surface area contributed by atoms with Crippen molar-refractivity contribution in [1.82, 2.24) is 25.3 Å². The number of rotatable bonds is 8. The zero-order valence-corrected chi connectivity index (χ0v) is 20.3. The van der Waals surface area contributed by atoms with Gasteiger partial charge in [0.15, 0.2) is 5.82 Å². The summed E-state index contributed by atoms with van der Waals surface area (Å²) in [4.78, 5) is 33.6. The maximum Gasteiger partial charge on any atom is 0.227 e. The fourth-order valence-corrected chi connectivity index (χ4v) is 5.15. The zero-order valence-electron chi connectivity index (χ0n) is 20.3. The van der Waals surface area contributed by atoms with Crippen LogP contribution in [0.15, 0.2) is 34.9 Å². The molecule has 8 heteroatoms. The highest BCUT2D eigenvalue weighted by Gasteiger charge is 2.38. The third kappa shape index (κ3) is 6.44. The van der Waals surface area contributed by atoms with Crippen molar-refractivity contribution in [2.75, 3.05) is 32.7 Å². The molecule has 4 rings (SSSR count). The standard InChI is InChI=1S/C26H37N5O3/c1-21(32)28-26(14-7-2-3-8-15-26)25-27-23(34-29-25)11-12-24(33)31-19-17-30(18-20-31)16-13-22-9-5-4-6-10-22/h4-6,9-10H,2-3,7-8,11-20H2,1H3,(H,28,32). The van der Waals surface area contributed by atoms with E-state index >= 15 is 0 Å². The maximum atomic E-state index is 12.8. The molecule has 0 spiro atoms. The van der Waals surface area contributed by atoms with E-state index in [1.807, 2.05) is 11.0 Å². The molecule has 1 N–H and O–H groups in total. The zero-order chi connectivity index (χ0) is 23.8. The van der Waals surface area contributed by atoms with Crippen LogP contribution in [0.4, 0.5) is 0 Å². The fraction of sp³-hybridized carbons (Fsp3) is 0.615. The lowest BCUT2D eigenvalue weighted by Gasteiger charge is -2.34. The first-order valence-corrected chi connectivity index (χ1v) is 12.7. The summed E-state index contributed by atoms with van der Waals surface area (Å²) in [5.41, 5.74) is 0.800. The molecule has 1 aliphatic heterocycles. The molecule has 2 amide bonds. The van der Waals surface area contributed by atoms with Crippen LogP contribution in [0.2, 0.25) is 0 Å². The van der Waals surface area contributed by atoms with Crippen LogP contribution in [0.25, 0.3) is 0 Å². The second-order valence-corrected chi connectivity index (χ2v) is 9.65. The lowest BCUT2D eigenvalue weighted by Crippen LogP contribution is -2.49. The first kappa shape index (κ1) is 24.4. The van der Waals surface area contributed by atoms with Crippen LogP contribution in [0.5, 0.6) is 0 Å². The van der Waals surface area contributed by atoms with Gasteiger partial charge in [-0.3, -0.25) is 14.5 Å². The highest BCUT2D eigenvalue weighted by atomic mass is 16.5. The smallest absolute Gasteiger partial charge is 0.227 e. The Morgan fingerprint density at radius 3 is 2.38 bits per heavy atom. The number of hydrogen-bond donors (Lipinski definition) is 1. The van der Waals surface area contributed by atoms with Gasteiger partial charge in [-0.1, -0.05) is 61.2 Å². The highest BCUT2D eigenvalue weighted by molar-refractivity contribution is 5.76. The van der Waals surface area contributed by atoms with Crippen LogP contribution < -0.4 is 5.32 Å². The molecule has 184 valence electrons. The summed E-state index contributed by atoms with van der Waals surface area (Å²) in [6.07, 6.45) is 7.82. The Labute approximate surface area is 202 Å². The van der Waals surface area contributed by atoms with Crippen LogP contribution in [0, 0.1) is 0 Å². The van der Waals surface area contributed by atoms with Crippen molar-refractivity contribution in [3.8, 4) is 0 Å². The molecule has 0 radical (unpaired) electrons. The van der Waals surface area contributed by atoms with E-state index in [1.165, 1.54) is 12.5 Å². The Morgan fingerprint density at radius 1 is 1.00 bits per heavy atom. The SMILES string of the molecule is CC(=O)NC1(c2noc(CCC(=O)N3CCN(CCc4ccccc4)CC3)n2)CCCCCC1. The number of aryl methyl sites for hydroxylation is 1. The minimum atomic E-state index is -0.551. The molecule has 34 heavy (non-hydrogen) atoms. The third-order valence-electron chi connectivity index (χ3n) is 7.11. The van der Waals surface area contributed by atoms with E-state index < -0.39 is 5.54 Å². The Hall–Kier alpha value is -2.74. The van der Waals surface area contributed by atoms with Gasteiger partial charge in [0.05, 0.1) is 0 Å². The molecule has 2 fully saturated rings. The van der Waals surface area contributed by atoms with Gasteiger partial charge in [0.25, 0.3) is 0 Å². The monoisotopic (exact) mass is 467 g/mol. The minimum Gasteiger partial charge on any atom is -0.343 e. The van der Waals surface area contributed by atoms with E-state index in [4.69, 9.17) is 4.52 Å². The lowest BCUT2D eigenvalue weighted by atomic mass is 9.89. The number of aromatic nitrogens is 2. The van der Waals surface area contributed by atoms with Crippen molar-refractivity contribution in [1.29, 1.82) is 0 Å². The molecule has 8 nitrogen and oxygen atoms in total. The van der Waals surface area contributed by atoms with Crippen LogP contribution in [-0.2, 0) is 28.0 Å². The average Bonchev–Trinajstić information content (AvgIpc) is 3.22. The van der Waals surface area contributed by atoms with E-state index in [0.717, 1.165) is 77.7 Å². The molecule has 1 aromatic heterocycles. The number of carbonyl (C=O) groups is 2. The van der Waals surface area contributed by atoms with E-state index in [9.17, 15) is 9.59 Å². The van der Waals surface area contributed by atoms with Gasteiger partial charge in [0, 0.05) is 52.5 Å². The quantitative estimate of drug-likeness (QED) is 0.600. The predicted molar refractivity (Wildman–Crippen MR) is 129 cm³/mol. The van der Waals surface area contributed by atoms with Crippen LogP contribution in [-0.4, -0.2) is 64.5 Å². The van der Waals surface area contributed by atoms with Gasteiger partial charge < -0.3 is 14.7 Å². The normalized spacial score (nSPS) is 18.9. The summed E-state index contributed by atoms with van der Waals surface area (Å²) in [6, 6.07) is 10.5. The molecule has 0 bridgehead atoms. The lowest BCUT2D eigenvalue weighted by molar-refractivity contribution is -0.133. The topological polar surface area (TPSA) is 91.6 Å². The van der Waals surface area contributed by atoms with Crippen molar-refractivity contribution in [3.05, 3.63) is 47.6 Å². The number of benzene rings is 1. The van der Waals surface area contributed by atoms with Crippen LogP contribution >= 0.6 is 0 Å². The van der Waals surface area contributed by atoms with E-state index in [1.54, 1.807) is 0 Å². The van der Waals surface area contributed by atoms with Crippen molar-refractivity contribution in [2.45, 2.75) is 70.3 Å². The fourth-order valence-electron chi connectivity index (χ4n) is 5.15. The summed E-state index contributed by atoms with van der Waals surface area (Å²) in [5.74, 6) is 1.08. The summed E-state index contributed by atoms with van der Waals surface area (Å²) in [5, 5.41) is 7.32. The molecule has 2 aliphatic rings. The summed E-state index contributed by atoms with van der Waals surface area (Å²) in [7, 11) is 0. The van der Waals surface area contributed by atoms with E-state index in [-0.39, 0.29) is 11.8 Å². The maximum absolute atomic E-state index is 12.8. The van der Waals surface area contributed by atoms with Gasteiger partial charge in [-0.15, -0.1) is 0 Å². The Morgan fingerprint density at radius 2 is 1.71 bits per heavy atom. The predicted octanol–water partition coefficient (Wildman–Crippen LogP) is 3.07. The van der Waals surface area contributed by atoms with Crippen molar-refractivity contribution in [3.63, 3.8) is 0 Å². The van der Waals surface area contributed by atoms with Crippen molar-refractivity contribution in [2.24, 2.45) is 0 Å². The van der Waals surface area contributed by atoms with Crippen molar-refractivity contribution < 1.29 is 14.1 Å². The molecule has 2 aromatic rings. The molecule has 1 saturated carbocycles. The first-order chi connectivity index (χ1) is 16.5. The molecule has 2 heterocycles. The van der Waals surface area contributed by atoms with Crippen molar-refractivity contribution >= 4 is 11.8 Å². The minimum absolute atomic E-state index is 0.0775. The van der Waals surface area contributed by atoms with Gasteiger partial charge in [-0.2, -0.15) is 4.98 Å². The molecular formula is C26H37N5O3. The average molecular weight is 468 g/mol. The molecule has 1 aromatic carbocycles. The van der Waals surface area contributed by atoms with E-state index in [0.29, 0.717) is 24.6 Å². The second-order valence-electron chi connectivity index (χ2n) is 9.65. The highest BCUT2D eigenvalue weighted by Crippen LogP contribution is 2.34. The Bertz CT molecular complexity index is 929. The Kier molecular flexibility index (Phi) is 8.32. The van der Waals surface area contributed by atoms with Gasteiger partial charge in [-0.25, -0.2) is 0 Å². The summed E-state index contributed by atoms with van der Waals surface area (Å²) >= 11 is 0. The van der Waals surface area contributed by atoms with Crippen LogP contribution in [0.3, 0.4) is 0 Å². The molecule has 1 saturated heterocycles. The molecule has 0 unspecified atom stereocenters. The summed E-state index contributed by atoms with van der Waals surface area (Å²) in [6.45, 7) is 5.88. The number of nitrogens with zero attached hydrogens (tertiary/aromatic N) is 4. The summed E-state index contributed by atoms with van der Waals surface area (Å²) < 4.78 is 5.50. The van der Waals surface area contributed by atoms with E-state index in [2.05, 4.69) is 44.6 Å². The van der Waals surface area contributed by atoms with Gasteiger partial charge in [-0.05, 0) is 24.8 Å². The second kappa shape index (κ2) is 11.6. The number of piperazine rings is 1. The van der Waals surface area contributed by atoms with Gasteiger partial charge >= 0.3 is 0 Å². The molecular weight excluding hydrogens is 430 g/mol. The Balaban J connectivity index is 1.25.